The van der Waals surface area contributed by atoms with Gasteiger partial charge in [0.25, 0.3) is 0 Å². The molecule has 0 atom stereocenters. The minimum absolute atomic E-state index is 1.00. The molecule has 0 rings (SSSR count). The van der Waals surface area contributed by atoms with Gasteiger partial charge in [0.05, 0.1) is 0 Å². The Labute approximate surface area is 106 Å². The first kappa shape index (κ1) is 36.3. The van der Waals surface area contributed by atoms with E-state index >= 15 is 0 Å². The van der Waals surface area contributed by atoms with E-state index < -0.39 is 0 Å². The molecular formula is ClN5O10Pt-5. The van der Waals surface area contributed by atoms with E-state index in [1.165, 1.54) is 0 Å². The number of hydrogen-bond acceptors (Lipinski definition) is 15. The SMILES string of the molecule is O=N[O-].O=N[O-].O=N[O-].O=N[O-].O=N[O-].[Cl][Pt]. The van der Waals surface area contributed by atoms with Gasteiger partial charge >= 0.3 is 28.2 Å². The first-order valence-corrected chi connectivity index (χ1v) is 4.76. The van der Waals surface area contributed by atoms with Crippen LogP contribution in [0.1, 0.15) is 0 Å². The molecule has 0 aliphatic heterocycles. The van der Waals surface area contributed by atoms with Crippen LogP contribution in [0.3, 0.4) is 0 Å². The predicted octanol–water partition coefficient (Wildman–Crippen LogP) is 1.94. The standard InChI is InChI=1S/ClH.5HNO2.Pt/c;5*2-1-3;/h1H;5*(H,2,3);/q;;;;;;+1/p-6. The van der Waals surface area contributed by atoms with E-state index in [1.54, 1.807) is 18.8 Å². The predicted molar refractivity (Wildman–Crippen MR) is 51.7 cm³/mol. The van der Waals surface area contributed by atoms with Crippen molar-refractivity contribution in [1.82, 2.24) is 0 Å². The van der Waals surface area contributed by atoms with Crippen molar-refractivity contribution in [3.05, 3.63) is 50.6 Å². The minimum atomic E-state index is 1.00. The van der Waals surface area contributed by atoms with E-state index in [1.807, 2.05) is 0 Å². The van der Waals surface area contributed by atoms with Crippen LogP contribution in [-0.4, -0.2) is 0 Å². The van der Waals surface area contributed by atoms with Gasteiger partial charge in [0, 0.05) is 0 Å². The van der Waals surface area contributed by atoms with E-state index in [0.29, 0.717) is 0 Å². The molecule has 0 heterocycles. The molecule has 0 spiro atoms. The number of hydrogen-bond donors (Lipinski definition) is 0. The monoisotopic (exact) mass is 460 g/mol. The number of halogens is 1. The summed E-state index contributed by atoms with van der Waals surface area (Å²) in [5.41, 5.74) is 0. The van der Waals surface area contributed by atoms with Gasteiger partial charge in [-0.2, -0.15) is 0 Å². The van der Waals surface area contributed by atoms with Crippen LogP contribution >= 0.6 is 9.42 Å². The summed E-state index contributed by atoms with van der Waals surface area (Å²) in [4.78, 5) is 40.0. The van der Waals surface area contributed by atoms with Crippen molar-refractivity contribution in [2.45, 2.75) is 0 Å². The van der Waals surface area contributed by atoms with E-state index in [4.69, 9.17) is 50.6 Å². The molecule has 0 N–H and O–H groups in total. The van der Waals surface area contributed by atoms with Crippen molar-refractivity contribution in [2.24, 2.45) is 26.7 Å². The van der Waals surface area contributed by atoms with Crippen LogP contribution in [0.15, 0.2) is 26.7 Å². The van der Waals surface area contributed by atoms with Crippen molar-refractivity contribution >= 4 is 9.42 Å². The van der Waals surface area contributed by atoms with Crippen LogP contribution in [0.25, 0.3) is 0 Å². The Morgan fingerprint density at radius 1 is 0.529 bits per heavy atom. The van der Waals surface area contributed by atoms with Crippen molar-refractivity contribution in [3.63, 3.8) is 0 Å². The molecule has 0 bridgehead atoms. The second-order valence-corrected chi connectivity index (χ2v) is 0.373. The number of nitrogens with zero attached hydrogens (tertiary/aromatic N) is 5. The molecule has 0 radical (unpaired) electrons. The fourth-order valence-electron chi connectivity index (χ4n) is 0. The second kappa shape index (κ2) is 265. The maximum atomic E-state index is 8.00. The van der Waals surface area contributed by atoms with Gasteiger partial charge in [-0.25, -0.2) is 0 Å². The van der Waals surface area contributed by atoms with Gasteiger partial charge < -0.3 is 50.6 Å². The molecule has 0 unspecified atom stereocenters. The summed E-state index contributed by atoms with van der Waals surface area (Å²) in [6.45, 7) is 0. The molecule has 17 heavy (non-hydrogen) atoms. The van der Waals surface area contributed by atoms with Crippen molar-refractivity contribution < 1.29 is 18.8 Å². The van der Waals surface area contributed by atoms with E-state index in [0.717, 1.165) is 26.7 Å². The quantitative estimate of drug-likeness (QED) is 0.374. The normalized spacial score (nSPS) is 3.94. The van der Waals surface area contributed by atoms with Crippen molar-refractivity contribution in [3.8, 4) is 0 Å². The summed E-state index contributed by atoms with van der Waals surface area (Å²) in [7, 11) is 4.61. The van der Waals surface area contributed by atoms with Crippen LogP contribution in [0.4, 0.5) is 0 Å². The van der Waals surface area contributed by atoms with E-state index in [-0.39, 0.29) is 0 Å². The van der Waals surface area contributed by atoms with Gasteiger partial charge in [-0.15, -0.1) is 26.7 Å². The van der Waals surface area contributed by atoms with E-state index in [2.05, 4.69) is 9.42 Å². The zero-order valence-corrected chi connectivity index (χ0v) is 10.0. The molecule has 0 saturated carbocycles. The first-order chi connectivity index (χ1) is 8.07. The fraction of sp³-hybridized carbons (Fsp3) is 0. The molecular weight excluding hydrogens is 461 g/mol. The summed E-state index contributed by atoms with van der Waals surface area (Å²) in [6, 6.07) is 0. The zero-order valence-electron chi connectivity index (χ0n) is 7.01. The van der Waals surface area contributed by atoms with Gasteiger partial charge in [-0.05, 0) is 0 Å². The Balaban J connectivity index is -0.0000000215. The second-order valence-electron chi connectivity index (χ2n) is 0.373. The van der Waals surface area contributed by atoms with Gasteiger partial charge in [-0.3, -0.25) is 0 Å². The molecule has 17 heteroatoms. The molecule has 0 aromatic rings. The molecule has 0 aliphatic carbocycles. The third kappa shape index (κ3) is 491. The van der Waals surface area contributed by atoms with Crippen LogP contribution in [0.2, 0.25) is 0 Å². The third-order valence-electron chi connectivity index (χ3n) is 0. The maximum absolute atomic E-state index is 8.00. The van der Waals surface area contributed by atoms with Gasteiger partial charge in [0.15, 0.2) is 0 Å². The molecule has 15 nitrogen and oxygen atoms in total. The molecule has 0 aromatic heterocycles. The van der Waals surface area contributed by atoms with Crippen LogP contribution in [0.5, 0.6) is 0 Å². The Hall–Kier alpha value is -2.02. The van der Waals surface area contributed by atoms with Gasteiger partial charge in [0.2, 0.25) is 0 Å². The van der Waals surface area contributed by atoms with E-state index in [9.17, 15) is 0 Å². The van der Waals surface area contributed by atoms with Crippen LogP contribution < -0.4 is 0 Å². The average Bonchev–Trinajstić information content (AvgIpc) is 2.25. The summed E-state index contributed by atoms with van der Waals surface area (Å²) in [6.07, 6.45) is 0. The summed E-state index contributed by atoms with van der Waals surface area (Å²) < 4.78 is 0. The Kier molecular flexibility index (Phi) is 567. The zero-order chi connectivity index (χ0) is 15.5. The molecule has 0 amide bonds. The summed E-state index contributed by atoms with van der Waals surface area (Å²) in [5, 5.41) is 45.0. The van der Waals surface area contributed by atoms with Gasteiger partial charge in [0.1, 0.15) is 0 Å². The van der Waals surface area contributed by atoms with Crippen LogP contribution in [0, 0.1) is 50.6 Å². The van der Waals surface area contributed by atoms with Gasteiger partial charge in [-0.1, -0.05) is 0 Å². The average molecular weight is 461 g/mol. The molecule has 0 saturated heterocycles. The topological polar surface area (TPSA) is 262 Å². The summed E-state index contributed by atoms with van der Waals surface area (Å²) >= 11 is 1.61. The molecule has 0 aliphatic rings. The fourth-order valence-corrected chi connectivity index (χ4v) is 0. The third-order valence-corrected chi connectivity index (χ3v) is 0. The molecule has 0 aromatic carbocycles. The Morgan fingerprint density at radius 2 is 0.529 bits per heavy atom. The Bertz CT molecular complexity index is 97.0. The first-order valence-electron chi connectivity index (χ1n) is 1.95. The molecule has 0 fully saturated rings. The summed E-state index contributed by atoms with van der Waals surface area (Å²) in [5.74, 6) is 0. The van der Waals surface area contributed by atoms with Crippen LogP contribution in [-0.2, 0) is 18.8 Å². The number of rotatable bonds is 0. The van der Waals surface area contributed by atoms with Crippen molar-refractivity contribution in [2.75, 3.05) is 0 Å². The van der Waals surface area contributed by atoms with Crippen molar-refractivity contribution in [1.29, 1.82) is 0 Å². The Morgan fingerprint density at radius 3 is 0.529 bits per heavy atom. The molecule has 107 valence electrons.